The maximum absolute atomic E-state index is 12.5. The minimum absolute atomic E-state index is 0.0162. The molecule has 1 atom stereocenters. The molecule has 2 rings (SSSR count). The smallest absolute Gasteiger partial charge is 0.263 e. The summed E-state index contributed by atoms with van der Waals surface area (Å²) in [7, 11) is 0. The highest BCUT2D eigenvalue weighted by molar-refractivity contribution is 6.30. The first kappa shape index (κ1) is 18.6. The van der Waals surface area contributed by atoms with Crippen molar-refractivity contribution in [2.24, 2.45) is 5.92 Å². The molecule has 24 heavy (non-hydrogen) atoms. The highest BCUT2D eigenvalue weighted by atomic mass is 35.5. The lowest BCUT2D eigenvalue weighted by Gasteiger charge is -2.34. The normalized spacial score (nSPS) is 16.8. The van der Waals surface area contributed by atoms with E-state index in [9.17, 15) is 9.59 Å². The topological polar surface area (TPSA) is 58.6 Å². The molecule has 1 unspecified atom stereocenters. The van der Waals surface area contributed by atoms with Gasteiger partial charge in [0.15, 0.2) is 6.10 Å². The highest BCUT2D eigenvalue weighted by Gasteiger charge is 2.27. The summed E-state index contributed by atoms with van der Waals surface area (Å²) in [6.07, 6.45) is 1.00. The number of carbonyl (C=O) groups is 2. The summed E-state index contributed by atoms with van der Waals surface area (Å²) < 4.78 is 5.69. The lowest BCUT2D eigenvalue weighted by atomic mass is 10.0. The molecule has 0 bridgehead atoms. The molecule has 1 aliphatic heterocycles. The van der Waals surface area contributed by atoms with Crippen LogP contribution in [0.25, 0.3) is 0 Å². The number of likely N-dealkylation sites (tertiary alicyclic amines) is 1. The van der Waals surface area contributed by atoms with Gasteiger partial charge in [0.2, 0.25) is 5.91 Å². The van der Waals surface area contributed by atoms with Crippen molar-refractivity contribution in [1.29, 1.82) is 0 Å². The van der Waals surface area contributed by atoms with E-state index in [0.717, 1.165) is 12.8 Å². The number of hydrogen-bond acceptors (Lipinski definition) is 3. The number of carbonyl (C=O) groups excluding carboxylic acids is 2. The first-order valence-corrected chi connectivity index (χ1v) is 8.76. The molecular weight excluding hydrogens is 328 g/mol. The van der Waals surface area contributed by atoms with E-state index in [4.69, 9.17) is 16.3 Å². The summed E-state index contributed by atoms with van der Waals surface area (Å²) in [5.41, 5.74) is 0. The first-order valence-electron chi connectivity index (χ1n) is 8.38. The zero-order valence-corrected chi connectivity index (χ0v) is 15.2. The number of nitrogens with zero attached hydrogens (tertiary/aromatic N) is 1. The summed E-state index contributed by atoms with van der Waals surface area (Å²) in [5.74, 6) is 0.648. The Labute approximate surface area is 148 Å². The molecule has 1 N–H and O–H groups in total. The van der Waals surface area contributed by atoms with Gasteiger partial charge in [-0.15, -0.1) is 0 Å². The average Bonchev–Trinajstić information content (AvgIpc) is 2.56. The van der Waals surface area contributed by atoms with E-state index in [1.54, 1.807) is 36.1 Å². The molecule has 0 saturated carbocycles. The number of piperidine rings is 1. The Hall–Kier alpha value is -1.75. The maximum Gasteiger partial charge on any atom is 0.263 e. The monoisotopic (exact) mass is 352 g/mol. The van der Waals surface area contributed by atoms with Crippen LogP contribution in [0.5, 0.6) is 5.75 Å². The van der Waals surface area contributed by atoms with Gasteiger partial charge >= 0.3 is 0 Å². The van der Waals surface area contributed by atoms with Gasteiger partial charge in [0.1, 0.15) is 5.75 Å². The Morgan fingerprint density at radius 3 is 2.29 bits per heavy atom. The lowest BCUT2D eigenvalue weighted by molar-refractivity contribution is -0.139. The van der Waals surface area contributed by atoms with Crippen LogP contribution < -0.4 is 10.1 Å². The molecule has 0 aliphatic carbocycles. The quantitative estimate of drug-likeness (QED) is 0.886. The van der Waals surface area contributed by atoms with Crippen molar-refractivity contribution in [2.75, 3.05) is 13.1 Å². The second kappa shape index (κ2) is 8.38. The Balaban J connectivity index is 1.81. The van der Waals surface area contributed by atoms with Crippen molar-refractivity contribution in [3.05, 3.63) is 29.3 Å². The molecule has 132 valence electrons. The molecule has 1 heterocycles. The van der Waals surface area contributed by atoms with E-state index in [2.05, 4.69) is 5.32 Å². The molecule has 0 spiro atoms. The predicted molar refractivity (Wildman–Crippen MR) is 94.1 cm³/mol. The van der Waals surface area contributed by atoms with Gasteiger partial charge in [-0.1, -0.05) is 25.4 Å². The van der Waals surface area contributed by atoms with Gasteiger partial charge in [0.05, 0.1) is 0 Å². The predicted octanol–water partition coefficient (Wildman–Crippen LogP) is 2.87. The van der Waals surface area contributed by atoms with Gasteiger partial charge in [-0.3, -0.25) is 9.59 Å². The van der Waals surface area contributed by atoms with Crippen LogP contribution in [0.2, 0.25) is 5.02 Å². The Kier molecular flexibility index (Phi) is 6.49. The van der Waals surface area contributed by atoms with Crippen LogP contribution in [0, 0.1) is 5.92 Å². The first-order chi connectivity index (χ1) is 11.4. The number of rotatable bonds is 5. The van der Waals surface area contributed by atoms with Crippen LogP contribution in [-0.4, -0.2) is 41.9 Å². The second-order valence-corrected chi connectivity index (χ2v) is 6.91. The molecule has 1 aromatic carbocycles. The molecule has 5 nitrogen and oxygen atoms in total. The van der Waals surface area contributed by atoms with E-state index in [1.807, 2.05) is 13.8 Å². The van der Waals surface area contributed by atoms with Gasteiger partial charge in [-0.2, -0.15) is 0 Å². The summed E-state index contributed by atoms with van der Waals surface area (Å²) in [4.78, 5) is 26.0. The fourth-order valence-electron chi connectivity index (χ4n) is 2.64. The largest absolute Gasteiger partial charge is 0.481 e. The van der Waals surface area contributed by atoms with Crippen molar-refractivity contribution >= 4 is 23.4 Å². The highest BCUT2D eigenvalue weighted by Crippen LogP contribution is 2.18. The number of nitrogens with one attached hydrogen (secondary N) is 1. The Bertz CT molecular complexity index is 566. The number of amides is 2. The summed E-state index contributed by atoms with van der Waals surface area (Å²) in [5, 5.41) is 3.66. The summed E-state index contributed by atoms with van der Waals surface area (Å²) in [6, 6.07) is 7.12. The maximum atomic E-state index is 12.5. The standard InChI is InChI=1S/C18H25ClN2O3/c1-12(2)17(22)20-15-8-10-21(11-9-15)18(23)13(3)24-16-6-4-14(19)5-7-16/h4-7,12-13,15H,8-11H2,1-3H3,(H,20,22). The van der Waals surface area contributed by atoms with Crippen LogP contribution in [0.4, 0.5) is 0 Å². The molecular formula is C18H25ClN2O3. The molecule has 1 saturated heterocycles. The molecule has 0 aromatic heterocycles. The third kappa shape index (κ3) is 5.13. The second-order valence-electron chi connectivity index (χ2n) is 6.48. The van der Waals surface area contributed by atoms with Crippen molar-refractivity contribution in [2.45, 2.75) is 45.8 Å². The zero-order valence-electron chi connectivity index (χ0n) is 14.4. The van der Waals surface area contributed by atoms with Crippen molar-refractivity contribution in [1.82, 2.24) is 10.2 Å². The van der Waals surface area contributed by atoms with Crippen molar-refractivity contribution in [3.63, 3.8) is 0 Å². The molecule has 1 aromatic rings. The third-order valence-corrected chi connectivity index (χ3v) is 4.40. The van der Waals surface area contributed by atoms with Crippen molar-refractivity contribution in [3.8, 4) is 5.75 Å². The molecule has 1 fully saturated rings. The Morgan fingerprint density at radius 2 is 1.75 bits per heavy atom. The number of ether oxygens (including phenoxy) is 1. The van der Waals surface area contributed by atoms with Crippen LogP contribution in [0.3, 0.4) is 0 Å². The van der Waals surface area contributed by atoms with Crippen LogP contribution in [-0.2, 0) is 9.59 Å². The zero-order chi connectivity index (χ0) is 17.7. The number of halogens is 1. The fraction of sp³-hybridized carbons (Fsp3) is 0.556. The fourth-order valence-corrected chi connectivity index (χ4v) is 2.76. The minimum atomic E-state index is -0.548. The lowest BCUT2D eigenvalue weighted by Crippen LogP contribution is -2.50. The van der Waals surface area contributed by atoms with Crippen LogP contribution >= 0.6 is 11.6 Å². The van der Waals surface area contributed by atoms with Gasteiger partial charge in [-0.05, 0) is 44.0 Å². The molecule has 0 radical (unpaired) electrons. The van der Waals surface area contributed by atoms with E-state index in [1.165, 1.54) is 0 Å². The average molecular weight is 353 g/mol. The molecule has 2 amide bonds. The molecule has 6 heteroatoms. The van der Waals surface area contributed by atoms with Gasteiger partial charge < -0.3 is 15.0 Å². The van der Waals surface area contributed by atoms with Gasteiger partial charge in [0, 0.05) is 30.1 Å². The van der Waals surface area contributed by atoms with Crippen LogP contribution in [0.15, 0.2) is 24.3 Å². The third-order valence-electron chi connectivity index (χ3n) is 4.15. The minimum Gasteiger partial charge on any atom is -0.481 e. The van der Waals surface area contributed by atoms with Gasteiger partial charge in [-0.25, -0.2) is 0 Å². The van der Waals surface area contributed by atoms with Gasteiger partial charge in [0.25, 0.3) is 5.91 Å². The van der Waals surface area contributed by atoms with E-state index in [-0.39, 0.29) is 23.8 Å². The summed E-state index contributed by atoms with van der Waals surface area (Å²) >= 11 is 5.84. The SMILES string of the molecule is CC(C)C(=O)NC1CCN(C(=O)C(C)Oc2ccc(Cl)cc2)CC1. The number of benzene rings is 1. The van der Waals surface area contributed by atoms with E-state index < -0.39 is 6.10 Å². The van der Waals surface area contributed by atoms with Crippen molar-refractivity contribution < 1.29 is 14.3 Å². The van der Waals surface area contributed by atoms with E-state index in [0.29, 0.717) is 23.9 Å². The van der Waals surface area contributed by atoms with E-state index >= 15 is 0 Å². The van der Waals surface area contributed by atoms with Crippen LogP contribution in [0.1, 0.15) is 33.6 Å². The Morgan fingerprint density at radius 1 is 1.17 bits per heavy atom. The molecule has 1 aliphatic rings. The summed E-state index contributed by atoms with van der Waals surface area (Å²) in [6.45, 7) is 6.78. The number of hydrogen-bond donors (Lipinski definition) is 1.